The predicted octanol–water partition coefficient (Wildman–Crippen LogP) is 1.72. The minimum atomic E-state index is -0.965. The van der Waals surface area contributed by atoms with Gasteiger partial charge < -0.3 is 5.32 Å². The Hall–Kier alpha value is -3.34. The zero-order chi connectivity index (χ0) is 21.5. The summed E-state index contributed by atoms with van der Waals surface area (Å²) in [6.45, 7) is 0.0998. The molecule has 3 rings (SSSR count). The molecule has 0 spiro atoms. The van der Waals surface area contributed by atoms with Gasteiger partial charge in [-0.15, -0.1) is 21.6 Å². The lowest BCUT2D eigenvalue weighted by Crippen LogP contribution is -2.52. The molecular weight excluding hydrogens is 414 g/mol. The molecule has 2 heterocycles. The number of para-hydroxylation sites is 1. The van der Waals surface area contributed by atoms with Crippen molar-refractivity contribution in [2.45, 2.75) is 25.3 Å². The van der Waals surface area contributed by atoms with Crippen molar-refractivity contribution in [2.24, 2.45) is 5.29 Å². The third-order valence-electron chi connectivity index (χ3n) is 4.56. The summed E-state index contributed by atoms with van der Waals surface area (Å²) in [5.41, 5.74) is 0.683. The van der Waals surface area contributed by atoms with Crippen LogP contribution in [0.25, 0.3) is 5.69 Å². The molecule has 4 amide bonds. The summed E-state index contributed by atoms with van der Waals surface area (Å²) in [7, 11) is 0. The van der Waals surface area contributed by atoms with Crippen LogP contribution in [0, 0.1) is 4.91 Å². The largest absolute Gasteiger partial charge is 0.341 e. The fourth-order valence-electron chi connectivity index (χ4n) is 3.04. The van der Waals surface area contributed by atoms with Crippen molar-refractivity contribution < 1.29 is 14.4 Å². The van der Waals surface area contributed by atoms with Crippen LogP contribution in [0.4, 0.5) is 4.79 Å². The molecule has 1 saturated heterocycles. The summed E-state index contributed by atoms with van der Waals surface area (Å²) in [5, 5.41) is 13.9. The SMILES string of the molecule is O=NN(CCCl)C(=O)NC1CCCCN(C(=O)c2cnn(-c3ccccc3)n2)C1=O. The number of carbonyl (C=O) groups excluding carboxylic acids is 3. The third-order valence-corrected chi connectivity index (χ3v) is 4.73. The van der Waals surface area contributed by atoms with Crippen molar-refractivity contribution in [1.29, 1.82) is 0 Å². The number of likely N-dealkylation sites (tertiary alicyclic amines) is 1. The molecule has 2 aromatic rings. The molecule has 30 heavy (non-hydrogen) atoms. The van der Waals surface area contributed by atoms with Crippen LogP contribution in [-0.2, 0) is 4.79 Å². The highest BCUT2D eigenvalue weighted by molar-refractivity contribution is 6.18. The smallest absolute Gasteiger partial charge is 0.325 e. The average Bonchev–Trinajstić information content (AvgIpc) is 3.19. The molecular formula is C18H20ClN7O4. The second-order valence-electron chi connectivity index (χ2n) is 6.54. The molecule has 158 valence electrons. The number of nitrogens with one attached hydrogen (secondary N) is 1. The van der Waals surface area contributed by atoms with Gasteiger partial charge in [-0.2, -0.15) is 14.9 Å². The number of hydrogen-bond acceptors (Lipinski definition) is 7. The maximum absolute atomic E-state index is 12.9. The average molecular weight is 434 g/mol. The lowest BCUT2D eigenvalue weighted by molar-refractivity contribution is -0.130. The van der Waals surface area contributed by atoms with Gasteiger partial charge in [-0.05, 0) is 31.4 Å². The fraction of sp³-hybridized carbons (Fsp3) is 0.389. The van der Waals surface area contributed by atoms with Gasteiger partial charge in [-0.1, -0.05) is 18.2 Å². The summed E-state index contributed by atoms with van der Waals surface area (Å²) >= 11 is 5.54. The van der Waals surface area contributed by atoms with E-state index in [9.17, 15) is 19.3 Å². The second kappa shape index (κ2) is 9.92. The van der Waals surface area contributed by atoms with E-state index < -0.39 is 23.9 Å². The van der Waals surface area contributed by atoms with Crippen LogP contribution in [-0.4, -0.2) is 67.8 Å². The van der Waals surface area contributed by atoms with Gasteiger partial charge in [0.25, 0.3) is 11.8 Å². The van der Waals surface area contributed by atoms with E-state index in [1.54, 1.807) is 12.1 Å². The highest BCUT2D eigenvalue weighted by atomic mass is 35.5. The summed E-state index contributed by atoms with van der Waals surface area (Å²) in [4.78, 5) is 51.2. The number of nitrogens with zero attached hydrogens (tertiary/aromatic N) is 6. The van der Waals surface area contributed by atoms with Gasteiger partial charge in [0, 0.05) is 12.4 Å². The molecule has 1 aromatic heterocycles. The summed E-state index contributed by atoms with van der Waals surface area (Å²) < 4.78 is 0. The number of carbonyl (C=O) groups is 3. The highest BCUT2D eigenvalue weighted by Crippen LogP contribution is 2.16. The fourth-order valence-corrected chi connectivity index (χ4v) is 3.20. The number of aromatic nitrogens is 3. The quantitative estimate of drug-likeness (QED) is 0.319. The van der Waals surface area contributed by atoms with E-state index in [1.165, 1.54) is 11.0 Å². The van der Waals surface area contributed by atoms with Crippen molar-refractivity contribution in [3.05, 3.63) is 47.1 Å². The number of hydrogen-bond donors (Lipinski definition) is 1. The molecule has 1 fully saturated rings. The molecule has 1 aliphatic rings. The summed E-state index contributed by atoms with van der Waals surface area (Å²) in [6.07, 6.45) is 2.81. The van der Waals surface area contributed by atoms with Crippen LogP contribution >= 0.6 is 11.6 Å². The second-order valence-corrected chi connectivity index (χ2v) is 6.92. The Morgan fingerprint density at radius 2 is 2.03 bits per heavy atom. The minimum Gasteiger partial charge on any atom is -0.325 e. The molecule has 1 atom stereocenters. The van der Waals surface area contributed by atoms with Crippen LogP contribution in [0.3, 0.4) is 0 Å². The lowest BCUT2D eigenvalue weighted by Gasteiger charge is -2.23. The predicted molar refractivity (Wildman–Crippen MR) is 107 cm³/mol. The molecule has 12 heteroatoms. The number of imide groups is 1. The van der Waals surface area contributed by atoms with Crippen LogP contribution in [0.2, 0.25) is 0 Å². The van der Waals surface area contributed by atoms with Gasteiger partial charge in [-0.25, -0.2) is 4.79 Å². The first-order chi connectivity index (χ1) is 14.5. The van der Waals surface area contributed by atoms with Crippen LogP contribution in [0.15, 0.2) is 41.8 Å². The van der Waals surface area contributed by atoms with Gasteiger partial charge >= 0.3 is 6.03 Å². The molecule has 0 bridgehead atoms. The normalized spacial score (nSPS) is 16.6. The van der Waals surface area contributed by atoms with Crippen molar-refractivity contribution in [1.82, 2.24) is 30.2 Å². The number of rotatable bonds is 6. The Kier molecular flexibility index (Phi) is 7.07. The molecule has 1 aromatic carbocycles. The van der Waals surface area contributed by atoms with E-state index in [0.29, 0.717) is 30.0 Å². The molecule has 0 saturated carbocycles. The maximum atomic E-state index is 12.9. The number of nitroso groups, excluding NO2 is 1. The van der Waals surface area contributed by atoms with E-state index >= 15 is 0 Å². The monoisotopic (exact) mass is 433 g/mol. The number of urea groups is 1. The Bertz CT molecular complexity index is 920. The van der Waals surface area contributed by atoms with Gasteiger partial charge in [0.15, 0.2) is 5.69 Å². The topological polar surface area (TPSA) is 130 Å². The number of benzene rings is 1. The first kappa shape index (κ1) is 21.4. The first-order valence-electron chi connectivity index (χ1n) is 9.36. The summed E-state index contributed by atoms with van der Waals surface area (Å²) in [5.74, 6) is -1.16. The van der Waals surface area contributed by atoms with E-state index in [0.717, 1.165) is 4.90 Å². The zero-order valence-electron chi connectivity index (χ0n) is 16.0. The molecule has 1 unspecified atom stereocenters. The van der Waals surface area contributed by atoms with Crippen LogP contribution < -0.4 is 5.32 Å². The Balaban J connectivity index is 1.74. The molecule has 11 nitrogen and oxygen atoms in total. The van der Waals surface area contributed by atoms with Crippen molar-refractivity contribution in [2.75, 3.05) is 19.0 Å². The van der Waals surface area contributed by atoms with E-state index in [4.69, 9.17) is 11.6 Å². The molecule has 0 radical (unpaired) electrons. The van der Waals surface area contributed by atoms with Crippen molar-refractivity contribution >= 4 is 29.4 Å². The van der Waals surface area contributed by atoms with Gasteiger partial charge in [0.1, 0.15) is 6.04 Å². The van der Waals surface area contributed by atoms with Crippen LogP contribution in [0.5, 0.6) is 0 Å². The number of alkyl halides is 1. The van der Waals surface area contributed by atoms with Crippen molar-refractivity contribution in [3.63, 3.8) is 0 Å². The zero-order valence-corrected chi connectivity index (χ0v) is 16.7. The first-order valence-corrected chi connectivity index (χ1v) is 9.89. The van der Waals surface area contributed by atoms with Crippen LogP contribution in [0.1, 0.15) is 29.8 Å². The van der Waals surface area contributed by atoms with Gasteiger partial charge in [0.2, 0.25) is 0 Å². The molecule has 1 aliphatic heterocycles. The Morgan fingerprint density at radius 1 is 1.27 bits per heavy atom. The van der Waals surface area contributed by atoms with E-state index in [-0.39, 0.29) is 24.7 Å². The molecule has 1 N–H and O–H groups in total. The minimum absolute atomic E-state index is 0.0116. The molecule has 0 aliphatic carbocycles. The van der Waals surface area contributed by atoms with E-state index in [2.05, 4.69) is 20.8 Å². The van der Waals surface area contributed by atoms with E-state index in [1.807, 2.05) is 18.2 Å². The number of amides is 4. The Morgan fingerprint density at radius 3 is 2.73 bits per heavy atom. The Labute approximate surface area is 176 Å². The standard InChI is InChI=1S/C18H20ClN7O4/c19-9-11-25(23-30)18(29)21-14-8-4-5-10-24(16(14)27)17(28)15-12-20-26(22-15)13-6-2-1-3-7-13/h1-3,6-7,12,14H,4-5,8-11H2,(H,21,29). The third kappa shape index (κ3) is 4.79. The lowest BCUT2D eigenvalue weighted by atomic mass is 10.1. The maximum Gasteiger partial charge on any atom is 0.341 e. The summed E-state index contributed by atoms with van der Waals surface area (Å²) in [6, 6.07) is 7.23. The van der Waals surface area contributed by atoms with Gasteiger partial charge in [0.05, 0.1) is 23.7 Å². The van der Waals surface area contributed by atoms with Gasteiger partial charge in [-0.3, -0.25) is 14.5 Å². The number of halogens is 1. The highest BCUT2D eigenvalue weighted by Gasteiger charge is 2.34. The van der Waals surface area contributed by atoms with Crippen molar-refractivity contribution in [3.8, 4) is 5.69 Å².